The second-order valence-electron chi connectivity index (χ2n) is 5.98. The zero-order valence-electron chi connectivity index (χ0n) is 14.6. The van der Waals surface area contributed by atoms with E-state index < -0.39 is 11.7 Å². The summed E-state index contributed by atoms with van der Waals surface area (Å²) in [4.78, 5) is 31.2. The van der Waals surface area contributed by atoms with Gasteiger partial charge in [0.2, 0.25) is 5.95 Å². The number of carbonyl (C=O) groups is 1. The first kappa shape index (κ1) is 17.4. The zero-order valence-corrected chi connectivity index (χ0v) is 14.6. The first-order valence-corrected chi connectivity index (χ1v) is 8.29. The number of aryl methyl sites for hydroxylation is 1. The number of amides is 1. The molecular formula is C19H14FN5O3. The lowest BCUT2D eigenvalue weighted by Crippen LogP contribution is -2.19. The molecule has 0 saturated heterocycles. The molecule has 4 aromatic rings. The van der Waals surface area contributed by atoms with Crippen LogP contribution in [0.25, 0.3) is 17.4 Å². The Morgan fingerprint density at radius 1 is 1.21 bits per heavy atom. The Kier molecular flexibility index (Phi) is 4.32. The second kappa shape index (κ2) is 6.95. The number of aromatic nitrogens is 4. The van der Waals surface area contributed by atoms with E-state index in [1.54, 1.807) is 25.1 Å². The smallest absolute Gasteiger partial charge is 0.256 e. The van der Waals surface area contributed by atoms with Crippen LogP contribution in [0.3, 0.4) is 0 Å². The third-order valence-corrected chi connectivity index (χ3v) is 3.87. The van der Waals surface area contributed by atoms with Crippen LogP contribution in [-0.4, -0.2) is 25.7 Å². The van der Waals surface area contributed by atoms with Gasteiger partial charge in [-0.25, -0.2) is 9.37 Å². The number of carbonyl (C=O) groups excluding carboxylic acids is 1. The molecule has 0 bridgehead atoms. The number of nitrogens with one attached hydrogen (secondary N) is 2. The Balaban J connectivity index is 1.78. The van der Waals surface area contributed by atoms with Crippen LogP contribution in [0.2, 0.25) is 0 Å². The molecule has 140 valence electrons. The molecule has 0 unspecified atom stereocenters. The summed E-state index contributed by atoms with van der Waals surface area (Å²) in [5.74, 6) is -0.245. The Morgan fingerprint density at radius 3 is 2.79 bits per heavy atom. The first-order valence-electron chi connectivity index (χ1n) is 8.29. The lowest BCUT2D eigenvalue weighted by atomic mass is 10.2. The Morgan fingerprint density at radius 2 is 2.07 bits per heavy atom. The third-order valence-electron chi connectivity index (χ3n) is 3.87. The van der Waals surface area contributed by atoms with E-state index in [2.05, 4.69) is 20.4 Å². The highest BCUT2D eigenvalue weighted by Gasteiger charge is 2.17. The maximum absolute atomic E-state index is 13.4. The largest absolute Gasteiger partial charge is 0.463 e. The Hall–Kier alpha value is -4.01. The summed E-state index contributed by atoms with van der Waals surface area (Å²) in [6.07, 6.45) is 1.49. The van der Waals surface area contributed by atoms with Gasteiger partial charge in [-0.3, -0.25) is 14.6 Å². The fraction of sp³-hybridized carbons (Fsp3) is 0.0526. The predicted molar refractivity (Wildman–Crippen MR) is 98.8 cm³/mol. The van der Waals surface area contributed by atoms with E-state index in [0.717, 1.165) is 6.07 Å². The normalized spacial score (nSPS) is 10.8. The summed E-state index contributed by atoms with van der Waals surface area (Å²) < 4.78 is 20.1. The fourth-order valence-electron chi connectivity index (χ4n) is 2.66. The average molecular weight is 379 g/mol. The van der Waals surface area contributed by atoms with Gasteiger partial charge in [0, 0.05) is 23.4 Å². The minimum atomic E-state index is -0.540. The number of H-pyrrole nitrogens is 1. The quantitative estimate of drug-likeness (QED) is 0.567. The van der Waals surface area contributed by atoms with Crippen LogP contribution in [0.15, 0.2) is 64.0 Å². The molecule has 9 heteroatoms. The summed E-state index contributed by atoms with van der Waals surface area (Å²) in [5.41, 5.74) is 0.679. The SMILES string of the molecule is Cc1cc(=O)[nH]c(-n2nc(-c3ccco3)cc2NC(=O)c2cccc(F)c2)n1. The lowest BCUT2D eigenvalue weighted by Gasteiger charge is -2.08. The van der Waals surface area contributed by atoms with Crippen molar-refractivity contribution in [2.24, 2.45) is 0 Å². The number of hydrogen-bond donors (Lipinski definition) is 2. The number of aromatic amines is 1. The highest BCUT2D eigenvalue weighted by atomic mass is 19.1. The Labute approximate surface area is 157 Å². The van der Waals surface area contributed by atoms with Gasteiger partial charge in [-0.05, 0) is 37.3 Å². The van der Waals surface area contributed by atoms with E-state index >= 15 is 0 Å². The molecule has 28 heavy (non-hydrogen) atoms. The number of anilines is 1. The van der Waals surface area contributed by atoms with Crippen LogP contribution in [0, 0.1) is 12.7 Å². The summed E-state index contributed by atoms with van der Waals surface area (Å²) in [6, 6.07) is 11.6. The Bertz CT molecular complexity index is 1210. The lowest BCUT2D eigenvalue weighted by molar-refractivity contribution is 0.102. The fourth-order valence-corrected chi connectivity index (χ4v) is 2.66. The maximum atomic E-state index is 13.4. The first-order chi connectivity index (χ1) is 13.5. The molecule has 0 aliphatic rings. The highest BCUT2D eigenvalue weighted by Crippen LogP contribution is 2.24. The van der Waals surface area contributed by atoms with Gasteiger partial charge < -0.3 is 9.73 Å². The number of nitrogens with zero attached hydrogens (tertiary/aromatic N) is 3. The molecule has 0 fully saturated rings. The van der Waals surface area contributed by atoms with Crippen molar-refractivity contribution in [3.05, 3.63) is 82.2 Å². The van der Waals surface area contributed by atoms with Crippen LogP contribution >= 0.6 is 0 Å². The van der Waals surface area contributed by atoms with E-state index in [4.69, 9.17) is 4.42 Å². The number of benzene rings is 1. The molecule has 0 aliphatic heterocycles. The van der Waals surface area contributed by atoms with Crippen molar-refractivity contribution >= 4 is 11.7 Å². The van der Waals surface area contributed by atoms with Crippen molar-refractivity contribution in [2.45, 2.75) is 6.92 Å². The van der Waals surface area contributed by atoms with Gasteiger partial charge in [-0.2, -0.15) is 9.78 Å². The van der Waals surface area contributed by atoms with Crippen LogP contribution in [-0.2, 0) is 0 Å². The van der Waals surface area contributed by atoms with Crippen molar-refractivity contribution in [3.8, 4) is 17.4 Å². The van der Waals surface area contributed by atoms with Crippen molar-refractivity contribution in [1.82, 2.24) is 19.7 Å². The molecule has 0 spiro atoms. The van der Waals surface area contributed by atoms with E-state index in [-0.39, 0.29) is 22.9 Å². The van der Waals surface area contributed by atoms with Gasteiger partial charge in [-0.1, -0.05) is 6.07 Å². The van der Waals surface area contributed by atoms with E-state index in [9.17, 15) is 14.0 Å². The van der Waals surface area contributed by atoms with Crippen LogP contribution in [0.1, 0.15) is 16.1 Å². The molecule has 3 heterocycles. The van der Waals surface area contributed by atoms with E-state index in [0.29, 0.717) is 17.1 Å². The summed E-state index contributed by atoms with van der Waals surface area (Å²) in [6.45, 7) is 1.67. The molecule has 1 aromatic carbocycles. The third kappa shape index (κ3) is 3.45. The zero-order chi connectivity index (χ0) is 19.7. The summed E-state index contributed by atoms with van der Waals surface area (Å²) in [5, 5.41) is 7.04. The van der Waals surface area contributed by atoms with Gasteiger partial charge in [0.15, 0.2) is 5.76 Å². The van der Waals surface area contributed by atoms with Crippen molar-refractivity contribution in [3.63, 3.8) is 0 Å². The molecule has 0 atom stereocenters. The predicted octanol–water partition coefficient (Wildman–Crippen LogP) is 2.92. The number of halogens is 1. The average Bonchev–Trinajstić information content (AvgIpc) is 3.30. The molecule has 3 aromatic heterocycles. The van der Waals surface area contributed by atoms with Gasteiger partial charge in [0.05, 0.1) is 6.26 Å². The van der Waals surface area contributed by atoms with E-state index in [1.165, 1.54) is 35.2 Å². The van der Waals surface area contributed by atoms with Crippen LogP contribution < -0.4 is 10.9 Å². The minimum Gasteiger partial charge on any atom is -0.463 e. The molecule has 0 radical (unpaired) electrons. The monoisotopic (exact) mass is 379 g/mol. The maximum Gasteiger partial charge on any atom is 0.256 e. The van der Waals surface area contributed by atoms with Gasteiger partial charge in [0.25, 0.3) is 11.5 Å². The number of rotatable bonds is 4. The van der Waals surface area contributed by atoms with Crippen LogP contribution in [0.4, 0.5) is 10.2 Å². The van der Waals surface area contributed by atoms with Crippen molar-refractivity contribution in [1.29, 1.82) is 0 Å². The highest BCUT2D eigenvalue weighted by molar-refractivity contribution is 6.04. The van der Waals surface area contributed by atoms with Crippen molar-refractivity contribution < 1.29 is 13.6 Å². The molecule has 0 aliphatic carbocycles. The van der Waals surface area contributed by atoms with Crippen molar-refractivity contribution in [2.75, 3.05) is 5.32 Å². The van der Waals surface area contributed by atoms with E-state index in [1.807, 2.05) is 0 Å². The minimum absolute atomic E-state index is 0.123. The second-order valence-corrected chi connectivity index (χ2v) is 5.98. The molecular weight excluding hydrogens is 365 g/mol. The summed E-state index contributed by atoms with van der Waals surface area (Å²) >= 11 is 0. The topological polar surface area (TPSA) is 106 Å². The summed E-state index contributed by atoms with van der Waals surface area (Å²) in [7, 11) is 0. The molecule has 2 N–H and O–H groups in total. The molecule has 4 rings (SSSR count). The van der Waals surface area contributed by atoms with Crippen LogP contribution in [0.5, 0.6) is 0 Å². The molecule has 8 nitrogen and oxygen atoms in total. The van der Waals surface area contributed by atoms with Gasteiger partial charge >= 0.3 is 0 Å². The molecule has 1 amide bonds. The number of hydrogen-bond acceptors (Lipinski definition) is 5. The van der Waals surface area contributed by atoms with Gasteiger partial charge in [-0.15, -0.1) is 0 Å². The standard InChI is InChI=1S/C19H14FN5O3/c1-11-8-17(26)23-19(21-11)25-16(10-14(24-25)15-6-3-7-28-15)22-18(27)12-4-2-5-13(20)9-12/h2-10H,1H3,(H,22,27)(H,21,23,26). The van der Waals surface area contributed by atoms with Gasteiger partial charge in [0.1, 0.15) is 17.3 Å². The molecule has 0 saturated carbocycles. The number of furan rings is 1.